The van der Waals surface area contributed by atoms with E-state index in [1.165, 1.54) is 10.9 Å². The molecule has 1 unspecified atom stereocenters. The second-order valence-electron chi connectivity index (χ2n) is 6.88. The topological polar surface area (TPSA) is 80.4 Å². The fraction of sp³-hybridized carbons (Fsp3) is 0.350. The average Bonchev–Trinajstić information content (AvgIpc) is 3.39. The van der Waals surface area contributed by atoms with Crippen molar-refractivity contribution in [3.8, 4) is 0 Å². The van der Waals surface area contributed by atoms with Crippen LogP contribution in [0.5, 0.6) is 0 Å². The number of furan rings is 1. The van der Waals surface area contributed by atoms with Crippen LogP contribution in [0.3, 0.4) is 0 Å². The number of likely N-dealkylation sites (tertiary alicyclic amines) is 1. The molecular weight excluding hydrogens is 344 g/mol. The van der Waals surface area contributed by atoms with Crippen LogP contribution in [0.2, 0.25) is 0 Å². The highest BCUT2D eigenvalue weighted by atomic mass is 16.3. The summed E-state index contributed by atoms with van der Waals surface area (Å²) in [5.74, 6) is 0.677. The van der Waals surface area contributed by atoms with Crippen molar-refractivity contribution in [3.05, 3.63) is 64.6 Å². The molecule has 4 rings (SSSR count). The van der Waals surface area contributed by atoms with Crippen LogP contribution < -0.4 is 10.9 Å². The van der Waals surface area contributed by atoms with Gasteiger partial charge in [0.15, 0.2) is 0 Å². The molecule has 3 aromatic rings. The molecule has 1 aliphatic heterocycles. The molecule has 1 aliphatic rings. The zero-order chi connectivity index (χ0) is 18.8. The summed E-state index contributed by atoms with van der Waals surface area (Å²) in [5.41, 5.74) is 0.884. The van der Waals surface area contributed by atoms with Gasteiger partial charge in [-0.15, -0.1) is 0 Å². The predicted octanol–water partition coefficient (Wildman–Crippen LogP) is 2.09. The fourth-order valence-electron chi connectivity index (χ4n) is 3.59. The third kappa shape index (κ3) is 3.50. The molecule has 2 aromatic heterocycles. The van der Waals surface area contributed by atoms with Crippen molar-refractivity contribution < 1.29 is 9.21 Å². The third-order valence-electron chi connectivity index (χ3n) is 5.09. The number of hydrogen-bond acceptors (Lipinski definition) is 5. The van der Waals surface area contributed by atoms with Crippen molar-refractivity contribution in [2.24, 2.45) is 7.05 Å². The van der Waals surface area contributed by atoms with E-state index in [4.69, 9.17) is 4.42 Å². The number of aromatic nitrogens is 2. The van der Waals surface area contributed by atoms with Crippen LogP contribution in [0.15, 0.2) is 52.1 Å². The first kappa shape index (κ1) is 17.5. The van der Waals surface area contributed by atoms with E-state index in [1.54, 1.807) is 31.5 Å². The van der Waals surface area contributed by atoms with Gasteiger partial charge in [0.05, 0.1) is 29.5 Å². The summed E-state index contributed by atoms with van der Waals surface area (Å²) in [6, 6.07) is 8.82. The second kappa shape index (κ2) is 7.36. The molecule has 0 radical (unpaired) electrons. The van der Waals surface area contributed by atoms with Crippen molar-refractivity contribution in [1.29, 1.82) is 0 Å². The number of hydrogen-bond donors (Lipinski definition) is 1. The lowest BCUT2D eigenvalue weighted by Gasteiger charge is -2.26. The molecule has 0 aliphatic carbocycles. The number of amides is 1. The van der Waals surface area contributed by atoms with Gasteiger partial charge in [-0.25, -0.2) is 4.98 Å². The van der Waals surface area contributed by atoms with E-state index in [0.717, 1.165) is 31.7 Å². The number of fused-ring (bicyclic) bond motifs is 1. The normalized spacial score (nSPS) is 15.9. The van der Waals surface area contributed by atoms with Crippen LogP contribution in [0.1, 0.15) is 35.0 Å². The Balaban J connectivity index is 1.52. The average molecular weight is 366 g/mol. The summed E-state index contributed by atoms with van der Waals surface area (Å²) in [7, 11) is 1.66. The first-order valence-electron chi connectivity index (χ1n) is 9.14. The van der Waals surface area contributed by atoms with Gasteiger partial charge in [0, 0.05) is 19.2 Å². The molecular formula is C20H22N4O3. The maximum atomic E-state index is 12.7. The van der Waals surface area contributed by atoms with Gasteiger partial charge < -0.3 is 14.3 Å². The van der Waals surface area contributed by atoms with E-state index >= 15 is 0 Å². The molecule has 1 amide bonds. The molecule has 140 valence electrons. The van der Waals surface area contributed by atoms with Crippen molar-refractivity contribution in [2.75, 3.05) is 19.6 Å². The van der Waals surface area contributed by atoms with E-state index in [0.29, 0.717) is 23.0 Å². The Labute approximate surface area is 156 Å². The SMILES string of the molecule is Cn1cnc2cc(C(=O)NCC(c3ccco3)N3CCCC3)ccc2c1=O. The number of nitrogens with zero attached hydrogens (tertiary/aromatic N) is 3. The third-order valence-corrected chi connectivity index (χ3v) is 5.09. The van der Waals surface area contributed by atoms with E-state index in [9.17, 15) is 9.59 Å². The number of rotatable bonds is 5. The standard InChI is InChI=1S/C20H22N4O3/c1-23-13-22-16-11-14(6-7-15(16)20(23)26)19(25)21-12-17(18-5-4-10-27-18)24-8-2-3-9-24/h4-7,10-11,13,17H,2-3,8-9,12H2,1H3,(H,21,25). The summed E-state index contributed by atoms with van der Waals surface area (Å²) in [5, 5.41) is 3.51. The summed E-state index contributed by atoms with van der Waals surface area (Å²) < 4.78 is 7.01. The summed E-state index contributed by atoms with van der Waals surface area (Å²) in [6.07, 6.45) is 5.45. The smallest absolute Gasteiger partial charge is 0.260 e. The first-order valence-corrected chi connectivity index (χ1v) is 9.14. The molecule has 0 bridgehead atoms. The number of nitrogens with one attached hydrogen (secondary N) is 1. The van der Waals surface area contributed by atoms with Gasteiger partial charge in [-0.2, -0.15) is 0 Å². The van der Waals surface area contributed by atoms with Crippen molar-refractivity contribution in [1.82, 2.24) is 19.8 Å². The number of carbonyl (C=O) groups excluding carboxylic acids is 1. The van der Waals surface area contributed by atoms with E-state index in [-0.39, 0.29) is 17.5 Å². The summed E-state index contributed by atoms with van der Waals surface area (Å²) in [4.78, 5) is 31.3. The Kier molecular flexibility index (Phi) is 4.77. The van der Waals surface area contributed by atoms with Gasteiger partial charge in [0.2, 0.25) is 0 Å². The van der Waals surface area contributed by atoms with Crippen LogP contribution in [0.25, 0.3) is 10.9 Å². The molecule has 7 nitrogen and oxygen atoms in total. The summed E-state index contributed by atoms with van der Waals surface area (Å²) in [6.45, 7) is 2.48. The molecule has 27 heavy (non-hydrogen) atoms. The maximum absolute atomic E-state index is 12.7. The first-order chi connectivity index (χ1) is 13.1. The van der Waals surface area contributed by atoms with Crippen molar-refractivity contribution in [3.63, 3.8) is 0 Å². The molecule has 1 atom stereocenters. The highest BCUT2D eigenvalue weighted by Gasteiger charge is 2.26. The Hall–Kier alpha value is -2.93. The molecule has 7 heteroatoms. The minimum atomic E-state index is -0.185. The van der Waals surface area contributed by atoms with Crippen LogP contribution in [-0.4, -0.2) is 40.0 Å². The zero-order valence-electron chi connectivity index (χ0n) is 15.2. The van der Waals surface area contributed by atoms with Crippen molar-refractivity contribution in [2.45, 2.75) is 18.9 Å². The van der Waals surface area contributed by atoms with Gasteiger partial charge in [0.1, 0.15) is 5.76 Å². The lowest BCUT2D eigenvalue weighted by Crippen LogP contribution is -2.36. The van der Waals surface area contributed by atoms with Gasteiger partial charge >= 0.3 is 0 Å². The Morgan fingerprint density at radius 1 is 1.30 bits per heavy atom. The quantitative estimate of drug-likeness (QED) is 0.748. The minimum absolute atomic E-state index is 0.0253. The lowest BCUT2D eigenvalue weighted by molar-refractivity contribution is 0.0934. The Morgan fingerprint density at radius 2 is 2.11 bits per heavy atom. The van der Waals surface area contributed by atoms with E-state index < -0.39 is 0 Å². The zero-order valence-corrected chi connectivity index (χ0v) is 15.2. The van der Waals surface area contributed by atoms with E-state index in [2.05, 4.69) is 15.2 Å². The molecule has 1 saturated heterocycles. The molecule has 0 spiro atoms. The van der Waals surface area contributed by atoms with Crippen LogP contribution >= 0.6 is 0 Å². The number of carbonyl (C=O) groups is 1. The number of benzene rings is 1. The van der Waals surface area contributed by atoms with Crippen LogP contribution in [0, 0.1) is 0 Å². The monoisotopic (exact) mass is 366 g/mol. The molecule has 3 heterocycles. The molecule has 1 fully saturated rings. The Morgan fingerprint density at radius 3 is 2.85 bits per heavy atom. The van der Waals surface area contributed by atoms with Gasteiger partial charge in [-0.3, -0.25) is 14.5 Å². The second-order valence-corrected chi connectivity index (χ2v) is 6.88. The predicted molar refractivity (Wildman–Crippen MR) is 102 cm³/mol. The molecule has 1 aromatic carbocycles. The van der Waals surface area contributed by atoms with E-state index in [1.807, 2.05) is 12.1 Å². The van der Waals surface area contributed by atoms with Crippen LogP contribution in [0.4, 0.5) is 0 Å². The lowest BCUT2D eigenvalue weighted by atomic mass is 10.1. The van der Waals surface area contributed by atoms with Crippen molar-refractivity contribution >= 4 is 16.8 Å². The fourth-order valence-corrected chi connectivity index (χ4v) is 3.59. The van der Waals surface area contributed by atoms with Gasteiger partial charge in [-0.1, -0.05) is 0 Å². The Bertz CT molecular complexity index is 1000. The molecule has 0 saturated carbocycles. The largest absolute Gasteiger partial charge is 0.468 e. The highest BCUT2D eigenvalue weighted by molar-refractivity contribution is 5.97. The number of aryl methyl sites for hydroxylation is 1. The highest BCUT2D eigenvalue weighted by Crippen LogP contribution is 2.25. The molecule has 1 N–H and O–H groups in total. The van der Waals surface area contributed by atoms with Crippen LogP contribution in [-0.2, 0) is 7.05 Å². The summed E-state index contributed by atoms with van der Waals surface area (Å²) >= 11 is 0. The minimum Gasteiger partial charge on any atom is -0.468 e. The maximum Gasteiger partial charge on any atom is 0.260 e. The van der Waals surface area contributed by atoms with Gasteiger partial charge in [0.25, 0.3) is 11.5 Å². The van der Waals surface area contributed by atoms with Gasteiger partial charge in [-0.05, 0) is 56.3 Å².